The smallest absolute Gasteiger partial charge is 0.267 e. The third-order valence-corrected chi connectivity index (χ3v) is 4.30. The van der Waals surface area contributed by atoms with Crippen LogP contribution in [-0.4, -0.2) is 15.5 Å². The number of aryl methyl sites for hydroxylation is 2. The summed E-state index contributed by atoms with van der Waals surface area (Å²) >= 11 is 0. The van der Waals surface area contributed by atoms with Gasteiger partial charge in [-0.05, 0) is 37.1 Å². The van der Waals surface area contributed by atoms with Gasteiger partial charge in [-0.2, -0.15) is 5.10 Å². The van der Waals surface area contributed by atoms with Crippen molar-refractivity contribution in [3.8, 4) is 0 Å². The number of rotatable bonds is 2. The van der Waals surface area contributed by atoms with Crippen LogP contribution in [0.15, 0.2) is 52.3 Å². The molecule has 4 rings (SSSR count). The standard InChI is InChI=1S/C19H17N3O/c1-12-7-8-14-10-15(20-18(14)9-12)11-22-19(23)17-6-4-3-5-16(17)13(2)21-22/h3-9H,10-11H2,1-2H3. The monoisotopic (exact) mass is 303 g/mol. The zero-order chi connectivity index (χ0) is 16.0. The molecule has 0 N–H and O–H groups in total. The number of benzene rings is 2. The maximum absolute atomic E-state index is 12.6. The first-order valence-electron chi connectivity index (χ1n) is 7.74. The average molecular weight is 303 g/mol. The Hall–Kier alpha value is -2.75. The SMILES string of the molecule is Cc1ccc2c(c1)N=C(Cn1nc(C)c3ccccc3c1=O)C2. The Bertz CT molecular complexity index is 1010. The highest BCUT2D eigenvalue weighted by atomic mass is 16.1. The Morgan fingerprint density at radius 2 is 1.87 bits per heavy atom. The molecule has 0 amide bonds. The number of aromatic nitrogens is 2. The zero-order valence-electron chi connectivity index (χ0n) is 13.2. The molecule has 1 aliphatic heterocycles. The molecule has 0 saturated carbocycles. The van der Waals surface area contributed by atoms with Gasteiger partial charge in [-0.3, -0.25) is 9.79 Å². The van der Waals surface area contributed by atoms with Crippen LogP contribution in [0.2, 0.25) is 0 Å². The van der Waals surface area contributed by atoms with Crippen LogP contribution in [0.4, 0.5) is 5.69 Å². The van der Waals surface area contributed by atoms with Crippen molar-refractivity contribution in [2.75, 3.05) is 0 Å². The molecule has 4 heteroatoms. The van der Waals surface area contributed by atoms with E-state index in [2.05, 4.69) is 35.2 Å². The number of hydrogen-bond acceptors (Lipinski definition) is 3. The first-order valence-corrected chi connectivity index (χ1v) is 7.74. The number of aliphatic imine (C=N–C) groups is 1. The molecule has 0 aliphatic carbocycles. The second-order valence-electron chi connectivity index (χ2n) is 6.08. The molecule has 114 valence electrons. The molecule has 0 unspecified atom stereocenters. The molecule has 1 aromatic heterocycles. The summed E-state index contributed by atoms with van der Waals surface area (Å²) in [5.41, 5.74) is 5.23. The summed E-state index contributed by atoms with van der Waals surface area (Å²) in [4.78, 5) is 17.3. The molecule has 0 fully saturated rings. The normalized spacial score (nSPS) is 13.2. The van der Waals surface area contributed by atoms with Crippen molar-refractivity contribution in [3.63, 3.8) is 0 Å². The quantitative estimate of drug-likeness (QED) is 0.729. The lowest BCUT2D eigenvalue weighted by Crippen LogP contribution is -2.27. The number of nitrogens with zero attached hydrogens (tertiary/aromatic N) is 3. The second kappa shape index (κ2) is 5.16. The molecule has 3 aromatic rings. The Morgan fingerprint density at radius 1 is 1.09 bits per heavy atom. The lowest BCUT2D eigenvalue weighted by atomic mass is 10.1. The minimum absolute atomic E-state index is 0.0546. The van der Waals surface area contributed by atoms with Crippen molar-refractivity contribution < 1.29 is 0 Å². The van der Waals surface area contributed by atoms with E-state index < -0.39 is 0 Å². The molecular formula is C19H17N3O. The van der Waals surface area contributed by atoms with E-state index in [0.29, 0.717) is 11.9 Å². The van der Waals surface area contributed by atoms with Gasteiger partial charge >= 0.3 is 0 Å². The predicted molar refractivity (Wildman–Crippen MR) is 92.7 cm³/mol. The van der Waals surface area contributed by atoms with Gasteiger partial charge in [0, 0.05) is 17.5 Å². The minimum atomic E-state index is -0.0546. The minimum Gasteiger partial charge on any atom is -0.267 e. The van der Waals surface area contributed by atoms with Crippen molar-refractivity contribution in [3.05, 3.63) is 69.6 Å². The van der Waals surface area contributed by atoms with Gasteiger partial charge in [0.2, 0.25) is 0 Å². The molecular weight excluding hydrogens is 286 g/mol. The zero-order valence-corrected chi connectivity index (χ0v) is 13.2. The van der Waals surface area contributed by atoms with Crippen LogP contribution >= 0.6 is 0 Å². The molecule has 2 aromatic carbocycles. The third kappa shape index (κ3) is 2.36. The van der Waals surface area contributed by atoms with Crippen LogP contribution < -0.4 is 5.56 Å². The average Bonchev–Trinajstić information content (AvgIpc) is 2.94. The van der Waals surface area contributed by atoms with Crippen LogP contribution in [0, 0.1) is 13.8 Å². The lowest BCUT2D eigenvalue weighted by Gasteiger charge is -2.08. The molecule has 0 spiro atoms. The van der Waals surface area contributed by atoms with E-state index in [9.17, 15) is 4.79 Å². The molecule has 0 bridgehead atoms. The van der Waals surface area contributed by atoms with Gasteiger partial charge in [0.25, 0.3) is 5.56 Å². The first-order chi connectivity index (χ1) is 11.1. The van der Waals surface area contributed by atoms with Crippen LogP contribution in [0.3, 0.4) is 0 Å². The van der Waals surface area contributed by atoms with Gasteiger partial charge in [0.1, 0.15) is 0 Å². The van der Waals surface area contributed by atoms with Gasteiger partial charge in [-0.25, -0.2) is 4.68 Å². The molecule has 2 heterocycles. The summed E-state index contributed by atoms with van der Waals surface area (Å²) in [6, 6.07) is 13.9. The Morgan fingerprint density at radius 3 is 2.70 bits per heavy atom. The molecule has 23 heavy (non-hydrogen) atoms. The maximum Gasteiger partial charge on any atom is 0.275 e. The van der Waals surface area contributed by atoms with Crippen molar-refractivity contribution >= 4 is 22.2 Å². The third-order valence-electron chi connectivity index (χ3n) is 4.30. The number of hydrogen-bond donors (Lipinski definition) is 0. The van der Waals surface area contributed by atoms with E-state index in [1.165, 1.54) is 15.8 Å². The van der Waals surface area contributed by atoms with Gasteiger partial charge in [0.15, 0.2) is 0 Å². The van der Waals surface area contributed by atoms with E-state index in [-0.39, 0.29) is 5.56 Å². The summed E-state index contributed by atoms with van der Waals surface area (Å²) in [5.74, 6) is 0. The van der Waals surface area contributed by atoms with Crippen molar-refractivity contribution in [1.82, 2.24) is 9.78 Å². The highest BCUT2D eigenvalue weighted by molar-refractivity contribution is 5.94. The van der Waals surface area contributed by atoms with E-state index in [1.807, 2.05) is 31.2 Å². The molecule has 4 nitrogen and oxygen atoms in total. The summed E-state index contributed by atoms with van der Waals surface area (Å²) in [7, 11) is 0. The number of fused-ring (bicyclic) bond motifs is 2. The fourth-order valence-corrected chi connectivity index (χ4v) is 3.13. The van der Waals surface area contributed by atoms with Crippen LogP contribution in [-0.2, 0) is 13.0 Å². The Kier molecular flexibility index (Phi) is 3.11. The Balaban J connectivity index is 1.74. The lowest BCUT2D eigenvalue weighted by molar-refractivity contribution is 0.665. The fourth-order valence-electron chi connectivity index (χ4n) is 3.13. The van der Waals surface area contributed by atoms with Gasteiger partial charge in [-0.1, -0.05) is 30.3 Å². The molecule has 1 aliphatic rings. The summed E-state index contributed by atoms with van der Waals surface area (Å²) < 4.78 is 1.54. The summed E-state index contributed by atoms with van der Waals surface area (Å²) in [6.07, 6.45) is 0.787. The molecule has 0 radical (unpaired) electrons. The van der Waals surface area contributed by atoms with Crippen molar-refractivity contribution in [1.29, 1.82) is 0 Å². The summed E-state index contributed by atoms with van der Waals surface area (Å²) in [5, 5.41) is 6.10. The highest BCUT2D eigenvalue weighted by Crippen LogP contribution is 2.27. The van der Waals surface area contributed by atoms with Gasteiger partial charge in [0.05, 0.1) is 23.3 Å². The van der Waals surface area contributed by atoms with Gasteiger partial charge in [-0.15, -0.1) is 0 Å². The van der Waals surface area contributed by atoms with Crippen LogP contribution in [0.1, 0.15) is 16.8 Å². The largest absolute Gasteiger partial charge is 0.275 e. The van der Waals surface area contributed by atoms with Crippen molar-refractivity contribution in [2.45, 2.75) is 26.8 Å². The van der Waals surface area contributed by atoms with Crippen LogP contribution in [0.5, 0.6) is 0 Å². The van der Waals surface area contributed by atoms with Crippen molar-refractivity contribution in [2.24, 2.45) is 4.99 Å². The highest BCUT2D eigenvalue weighted by Gasteiger charge is 2.16. The molecule has 0 atom stereocenters. The first kappa shape index (κ1) is 13.9. The van der Waals surface area contributed by atoms with Crippen LogP contribution in [0.25, 0.3) is 10.8 Å². The van der Waals surface area contributed by atoms with E-state index in [1.54, 1.807) is 0 Å². The Labute approximate surface area is 134 Å². The second-order valence-corrected chi connectivity index (χ2v) is 6.08. The van der Waals surface area contributed by atoms with E-state index in [4.69, 9.17) is 0 Å². The maximum atomic E-state index is 12.6. The topological polar surface area (TPSA) is 47.2 Å². The molecule has 0 saturated heterocycles. The van der Waals surface area contributed by atoms with E-state index in [0.717, 1.165) is 28.9 Å². The fraction of sp³-hybridized carbons (Fsp3) is 0.211. The van der Waals surface area contributed by atoms with E-state index >= 15 is 0 Å². The summed E-state index contributed by atoms with van der Waals surface area (Å²) in [6.45, 7) is 4.44. The predicted octanol–water partition coefficient (Wildman–Crippen LogP) is 3.34. The van der Waals surface area contributed by atoms with Gasteiger partial charge < -0.3 is 0 Å².